The van der Waals surface area contributed by atoms with Gasteiger partial charge >= 0.3 is 0 Å². The van der Waals surface area contributed by atoms with Gasteiger partial charge in [-0.1, -0.05) is 62.7 Å². The Hall–Kier alpha value is -3.58. The minimum atomic E-state index is -0.337. The van der Waals surface area contributed by atoms with Crippen molar-refractivity contribution in [2.24, 2.45) is 0 Å². The molecule has 1 amide bonds. The first-order valence-corrected chi connectivity index (χ1v) is 11.4. The van der Waals surface area contributed by atoms with Crippen molar-refractivity contribution in [2.45, 2.75) is 46.4 Å². The quantitative estimate of drug-likeness (QED) is 0.372. The number of halogens is 1. The van der Waals surface area contributed by atoms with Crippen LogP contribution in [0.3, 0.4) is 0 Å². The zero-order valence-electron chi connectivity index (χ0n) is 19.7. The van der Waals surface area contributed by atoms with Crippen LogP contribution in [0.15, 0.2) is 66.9 Å². The Morgan fingerprint density at radius 1 is 1.06 bits per heavy atom. The van der Waals surface area contributed by atoms with E-state index in [1.54, 1.807) is 21.6 Å². The van der Waals surface area contributed by atoms with Gasteiger partial charge in [0.25, 0.3) is 5.91 Å². The first kappa shape index (κ1) is 23.6. The lowest BCUT2D eigenvalue weighted by atomic mass is 9.87. The van der Waals surface area contributed by atoms with E-state index in [4.69, 9.17) is 16.3 Å². The third kappa shape index (κ3) is 5.66. The van der Waals surface area contributed by atoms with Gasteiger partial charge in [0.15, 0.2) is 18.2 Å². The molecule has 2 aromatic carbocycles. The monoisotopic (exact) mass is 477 g/mol. The van der Waals surface area contributed by atoms with Crippen LogP contribution in [0, 0.1) is 6.92 Å². The van der Waals surface area contributed by atoms with Gasteiger partial charge in [0.05, 0.1) is 6.54 Å². The zero-order valence-corrected chi connectivity index (χ0v) is 20.5. The van der Waals surface area contributed by atoms with Crippen LogP contribution in [0.2, 0.25) is 5.02 Å². The van der Waals surface area contributed by atoms with Crippen molar-refractivity contribution in [1.82, 2.24) is 19.6 Å². The maximum absolute atomic E-state index is 12.7. The van der Waals surface area contributed by atoms with E-state index >= 15 is 0 Å². The summed E-state index contributed by atoms with van der Waals surface area (Å²) in [6.07, 6.45) is 1.71. The Morgan fingerprint density at radius 2 is 1.79 bits per heavy atom. The summed E-state index contributed by atoms with van der Waals surface area (Å²) in [7, 11) is 0. The number of nitrogens with one attached hydrogen (secondary N) is 1. The number of anilines is 1. The molecule has 1 N–H and O–H groups in total. The van der Waals surface area contributed by atoms with Gasteiger partial charge in [-0.2, -0.15) is 10.2 Å². The van der Waals surface area contributed by atoms with Gasteiger partial charge < -0.3 is 10.1 Å². The molecule has 34 heavy (non-hydrogen) atoms. The summed E-state index contributed by atoms with van der Waals surface area (Å²) < 4.78 is 9.18. The molecule has 2 aromatic heterocycles. The molecule has 0 saturated heterocycles. The zero-order chi connectivity index (χ0) is 24.3. The van der Waals surface area contributed by atoms with Crippen molar-refractivity contribution in [2.75, 3.05) is 5.32 Å². The number of rotatable bonds is 7. The molecular weight excluding hydrogens is 450 g/mol. The summed E-state index contributed by atoms with van der Waals surface area (Å²) in [4.78, 5) is 12.7. The predicted octanol–water partition coefficient (Wildman–Crippen LogP) is 5.68. The minimum absolute atomic E-state index is 0.0890. The summed E-state index contributed by atoms with van der Waals surface area (Å²) in [6, 6.07) is 19.1. The van der Waals surface area contributed by atoms with Crippen molar-refractivity contribution in [3.63, 3.8) is 0 Å². The Bertz CT molecular complexity index is 1290. The van der Waals surface area contributed by atoms with Crippen molar-refractivity contribution in [1.29, 1.82) is 0 Å². The van der Waals surface area contributed by atoms with Crippen molar-refractivity contribution in [3.05, 3.63) is 94.4 Å². The van der Waals surface area contributed by atoms with E-state index < -0.39 is 0 Å². The topological polar surface area (TPSA) is 74.0 Å². The number of amides is 1. The van der Waals surface area contributed by atoms with E-state index in [2.05, 4.69) is 48.4 Å². The number of aromatic nitrogens is 4. The van der Waals surface area contributed by atoms with Crippen LogP contribution in [0.5, 0.6) is 5.75 Å². The molecule has 0 unspecified atom stereocenters. The summed E-state index contributed by atoms with van der Waals surface area (Å²) in [5.74, 6) is 0.865. The fourth-order valence-corrected chi connectivity index (χ4v) is 3.64. The van der Waals surface area contributed by atoms with Crippen molar-refractivity contribution in [3.8, 4) is 5.75 Å². The lowest BCUT2D eigenvalue weighted by Crippen LogP contribution is -2.15. The predicted molar refractivity (Wildman–Crippen MR) is 133 cm³/mol. The molecule has 0 aliphatic heterocycles. The third-order valence-electron chi connectivity index (χ3n) is 5.46. The second-order valence-corrected chi connectivity index (χ2v) is 9.57. The van der Waals surface area contributed by atoms with Crippen LogP contribution < -0.4 is 10.1 Å². The first-order chi connectivity index (χ1) is 16.2. The Balaban J connectivity index is 1.35. The lowest BCUT2D eigenvalue weighted by molar-refractivity contribution is 0.101. The highest BCUT2D eigenvalue weighted by atomic mass is 35.5. The largest absolute Gasteiger partial charge is 0.471 e. The molecule has 0 saturated carbocycles. The Labute approximate surface area is 204 Å². The molecule has 0 fully saturated rings. The van der Waals surface area contributed by atoms with Crippen LogP contribution in [0.4, 0.5) is 5.82 Å². The second kappa shape index (κ2) is 9.73. The SMILES string of the molecule is Cc1cc(NC(=O)c2ccn(COc3ccc(C(C)(C)C)cc3)n2)nn1Cc1ccccc1Cl. The van der Waals surface area contributed by atoms with Crippen molar-refractivity contribution >= 4 is 23.3 Å². The van der Waals surface area contributed by atoms with E-state index in [1.165, 1.54) is 5.56 Å². The van der Waals surface area contributed by atoms with E-state index in [-0.39, 0.29) is 23.7 Å². The van der Waals surface area contributed by atoms with E-state index in [0.29, 0.717) is 17.4 Å². The minimum Gasteiger partial charge on any atom is -0.471 e. The molecule has 0 bridgehead atoms. The second-order valence-electron chi connectivity index (χ2n) is 9.16. The standard InChI is InChI=1S/C26H28ClN5O2/c1-18-15-24(30-32(18)16-19-7-5-6-8-22(19)27)28-25(33)23-13-14-31(29-23)17-34-21-11-9-20(10-12-21)26(2,3)4/h5-15H,16-17H2,1-4H3,(H,28,30,33). The van der Waals surface area contributed by atoms with Crippen molar-refractivity contribution < 1.29 is 9.53 Å². The first-order valence-electron chi connectivity index (χ1n) is 11.0. The summed E-state index contributed by atoms with van der Waals surface area (Å²) in [5.41, 5.74) is 3.48. The molecule has 2 heterocycles. The normalized spacial score (nSPS) is 11.4. The third-order valence-corrected chi connectivity index (χ3v) is 5.83. The molecule has 0 aliphatic carbocycles. The average molecular weight is 478 g/mol. The Morgan fingerprint density at radius 3 is 2.50 bits per heavy atom. The fourth-order valence-electron chi connectivity index (χ4n) is 3.45. The summed E-state index contributed by atoms with van der Waals surface area (Å²) >= 11 is 6.26. The van der Waals surface area contributed by atoms with Gasteiger partial charge in [0.1, 0.15) is 5.75 Å². The van der Waals surface area contributed by atoms with Gasteiger partial charge in [-0.15, -0.1) is 0 Å². The Kier molecular flexibility index (Phi) is 6.75. The number of ether oxygens (including phenoxy) is 1. The molecule has 0 spiro atoms. The highest BCUT2D eigenvalue weighted by Gasteiger charge is 2.15. The number of benzene rings is 2. The number of hydrogen-bond acceptors (Lipinski definition) is 4. The number of carbonyl (C=O) groups excluding carboxylic acids is 1. The molecule has 4 aromatic rings. The van der Waals surface area contributed by atoms with E-state index in [9.17, 15) is 4.79 Å². The highest BCUT2D eigenvalue weighted by molar-refractivity contribution is 6.31. The molecule has 7 nitrogen and oxygen atoms in total. The molecule has 8 heteroatoms. The van der Waals surface area contributed by atoms with E-state index in [1.807, 2.05) is 49.4 Å². The molecular formula is C26H28ClN5O2. The van der Waals surface area contributed by atoms with Crippen LogP contribution in [-0.4, -0.2) is 25.5 Å². The van der Waals surface area contributed by atoms with Gasteiger partial charge in [-0.3, -0.25) is 9.48 Å². The molecule has 0 aliphatic rings. The van der Waals surface area contributed by atoms with Gasteiger partial charge in [0, 0.05) is 23.0 Å². The average Bonchev–Trinajstić information content (AvgIpc) is 3.40. The molecule has 0 radical (unpaired) electrons. The van der Waals surface area contributed by atoms with Crippen LogP contribution in [0.1, 0.15) is 48.1 Å². The van der Waals surface area contributed by atoms with Crippen LogP contribution in [-0.2, 0) is 18.7 Å². The van der Waals surface area contributed by atoms with Crippen LogP contribution >= 0.6 is 11.6 Å². The van der Waals surface area contributed by atoms with E-state index in [0.717, 1.165) is 17.0 Å². The van der Waals surface area contributed by atoms with Gasteiger partial charge in [-0.25, -0.2) is 4.68 Å². The molecule has 176 valence electrons. The fraction of sp³-hybridized carbons (Fsp3) is 0.269. The maximum Gasteiger partial charge on any atom is 0.277 e. The maximum atomic E-state index is 12.7. The van der Waals surface area contributed by atoms with Gasteiger partial charge in [-0.05, 0) is 47.7 Å². The number of carbonyl (C=O) groups is 1. The summed E-state index contributed by atoms with van der Waals surface area (Å²) in [5, 5.41) is 12.3. The smallest absolute Gasteiger partial charge is 0.277 e. The number of hydrogen-bond donors (Lipinski definition) is 1. The molecule has 4 rings (SSSR count). The van der Waals surface area contributed by atoms with Gasteiger partial charge in [0.2, 0.25) is 0 Å². The number of nitrogens with zero attached hydrogens (tertiary/aromatic N) is 4. The summed E-state index contributed by atoms with van der Waals surface area (Å²) in [6.45, 7) is 9.16. The van der Waals surface area contributed by atoms with Crippen LogP contribution in [0.25, 0.3) is 0 Å². The number of aryl methyl sites for hydroxylation is 1. The lowest BCUT2D eigenvalue weighted by Gasteiger charge is -2.19. The molecule has 0 atom stereocenters. The highest BCUT2D eigenvalue weighted by Crippen LogP contribution is 2.24.